The number of carbonyl (C=O) groups is 2. The van der Waals surface area contributed by atoms with Crippen LogP contribution in [0.15, 0.2) is 18.2 Å². The lowest BCUT2D eigenvalue weighted by atomic mass is 10.2. The van der Waals surface area contributed by atoms with E-state index in [0.29, 0.717) is 5.69 Å². The first-order chi connectivity index (χ1) is 8.81. The van der Waals surface area contributed by atoms with Gasteiger partial charge in [0, 0.05) is 11.7 Å². The molecule has 6 heteroatoms. The van der Waals surface area contributed by atoms with Gasteiger partial charge in [-0.2, -0.15) is 0 Å². The van der Waals surface area contributed by atoms with Gasteiger partial charge in [-0.15, -0.1) is 0 Å². The molecular formula is C13H18N2O4. The Labute approximate surface area is 111 Å². The van der Waals surface area contributed by atoms with Gasteiger partial charge < -0.3 is 20.9 Å². The maximum atomic E-state index is 11.7. The van der Waals surface area contributed by atoms with Crippen LogP contribution < -0.4 is 15.8 Å². The second-order valence-electron chi connectivity index (χ2n) is 4.48. The molecule has 0 fully saturated rings. The summed E-state index contributed by atoms with van der Waals surface area (Å²) in [6.07, 6.45) is -0.788. The van der Waals surface area contributed by atoms with E-state index >= 15 is 0 Å². The van der Waals surface area contributed by atoms with Crippen molar-refractivity contribution in [2.45, 2.75) is 32.9 Å². The quantitative estimate of drug-likeness (QED) is 0.696. The molecule has 1 rings (SSSR count). The lowest BCUT2D eigenvalue weighted by molar-refractivity contribution is -0.127. The molecule has 0 saturated heterocycles. The molecule has 0 spiro atoms. The molecule has 1 aromatic carbocycles. The summed E-state index contributed by atoms with van der Waals surface area (Å²) in [4.78, 5) is 22.8. The highest BCUT2D eigenvalue weighted by molar-refractivity contribution is 5.92. The van der Waals surface area contributed by atoms with Crippen LogP contribution in [-0.4, -0.2) is 29.1 Å². The van der Waals surface area contributed by atoms with Crippen LogP contribution in [-0.2, 0) is 4.79 Å². The number of nitrogens with two attached hydrogens (primary N) is 1. The van der Waals surface area contributed by atoms with E-state index in [2.05, 4.69) is 5.32 Å². The van der Waals surface area contributed by atoms with Gasteiger partial charge in [-0.3, -0.25) is 4.79 Å². The molecular weight excluding hydrogens is 248 g/mol. The third-order valence-corrected chi connectivity index (χ3v) is 2.34. The van der Waals surface area contributed by atoms with Gasteiger partial charge in [-0.1, -0.05) is 0 Å². The molecule has 104 valence electrons. The molecule has 1 unspecified atom stereocenters. The van der Waals surface area contributed by atoms with Crippen molar-refractivity contribution in [1.29, 1.82) is 0 Å². The van der Waals surface area contributed by atoms with E-state index in [1.54, 1.807) is 6.92 Å². The number of amides is 1. The Morgan fingerprint density at radius 1 is 1.32 bits per heavy atom. The smallest absolute Gasteiger partial charge is 0.339 e. The highest BCUT2D eigenvalue weighted by atomic mass is 16.5. The molecule has 4 N–H and O–H groups in total. The zero-order valence-corrected chi connectivity index (χ0v) is 11.1. The molecule has 0 aromatic heterocycles. The Balaban J connectivity index is 2.87. The van der Waals surface area contributed by atoms with Crippen molar-refractivity contribution >= 4 is 17.6 Å². The number of nitrogens with one attached hydrogen (secondary N) is 1. The Hall–Kier alpha value is -2.24. The number of carboxylic acids is 1. The molecule has 19 heavy (non-hydrogen) atoms. The van der Waals surface area contributed by atoms with E-state index in [1.807, 2.05) is 13.8 Å². The average molecular weight is 266 g/mol. The summed E-state index contributed by atoms with van der Waals surface area (Å²) in [5.41, 5.74) is 5.78. The lowest BCUT2D eigenvalue weighted by Crippen LogP contribution is -2.40. The summed E-state index contributed by atoms with van der Waals surface area (Å²) in [6.45, 7) is 5.22. The summed E-state index contributed by atoms with van der Waals surface area (Å²) in [6, 6.07) is 4.25. The number of ether oxygens (including phenoxy) is 1. The normalized spacial score (nSPS) is 12.0. The van der Waals surface area contributed by atoms with Gasteiger partial charge in [-0.05, 0) is 39.0 Å². The van der Waals surface area contributed by atoms with E-state index in [-0.39, 0.29) is 23.3 Å². The molecule has 0 aliphatic rings. The van der Waals surface area contributed by atoms with Crippen molar-refractivity contribution in [3.63, 3.8) is 0 Å². The van der Waals surface area contributed by atoms with Crippen LogP contribution in [0.2, 0.25) is 0 Å². The van der Waals surface area contributed by atoms with E-state index in [4.69, 9.17) is 15.6 Å². The van der Waals surface area contributed by atoms with E-state index in [0.717, 1.165) is 0 Å². The minimum Gasteiger partial charge on any atom is -0.480 e. The predicted octanol–water partition coefficient (Wildman–Crippen LogP) is 1.26. The van der Waals surface area contributed by atoms with Crippen molar-refractivity contribution < 1.29 is 19.4 Å². The highest BCUT2D eigenvalue weighted by Crippen LogP contribution is 2.22. The van der Waals surface area contributed by atoms with Crippen LogP contribution in [0.4, 0.5) is 5.69 Å². The number of carboxylic acid groups (broad SMARTS) is 1. The molecule has 6 nitrogen and oxygen atoms in total. The van der Waals surface area contributed by atoms with Crippen LogP contribution in [0, 0.1) is 0 Å². The maximum absolute atomic E-state index is 11.7. The fourth-order valence-electron chi connectivity index (χ4n) is 1.46. The number of nitrogen functional groups attached to an aromatic ring is 1. The number of hydrogen-bond acceptors (Lipinski definition) is 4. The number of anilines is 1. The van der Waals surface area contributed by atoms with Gasteiger partial charge in [0.2, 0.25) is 0 Å². The Morgan fingerprint density at radius 2 is 1.95 bits per heavy atom. The molecule has 1 atom stereocenters. The first-order valence-electron chi connectivity index (χ1n) is 5.91. The van der Waals surface area contributed by atoms with Gasteiger partial charge in [0.25, 0.3) is 5.91 Å². The van der Waals surface area contributed by atoms with Crippen LogP contribution in [0.3, 0.4) is 0 Å². The van der Waals surface area contributed by atoms with Crippen molar-refractivity contribution in [2.75, 3.05) is 5.73 Å². The summed E-state index contributed by atoms with van der Waals surface area (Å²) >= 11 is 0. The first-order valence-corrected chi connectivity index (χ1v) is 5.91. The molecule has 0 aliphatic carbocycles. The third kappa shape index (κ3) is 4.17. The lowest BCUT2D eigenvalue weighted by Gasteiger charge is -2.17. The van der Waals surface area contributed by atoms with Crippen molar-refractivity contribution in [3.05, 3.63) is 23.8 Å². The summed E-state index contributed by atoms with van der Waals surface area (Å²) < 4.78 is 5.38. The largest absolute Gasteiger partial charge is 0.480 e. The Bertz CT molecular complexity index is 486. The van der Waals surface area contributed by atoms with Crippen molar-refractivity contribution in [3.8, 4) is 5.75 Å². The van der Waals surface area contributed by atoms with Gasteiger partial charge in [0.15, 0.2) is 6.10 Å². The van der Waals surface area contributed by atoms with Gasteiger partial charge >= 0.3 is 5.97 Å². The van der Waals surface area contributed by atoms with Gasteiger partial charge in [0.05, 0.1) is 0 Å². The summed E-state index contributed by atoms with van der Waals surface area (Å²) in [5.74, 6) is -1.34. The number of hydrogen-bond donors (Lipinski definition) is 3. The number of carbonyl (C=O) groups excluding carboxylic acids is 1. The van der Waals surface area contributed by atoms with Gasteiger partial charge in [0.1, 0.15) is 11.3 Å². The maximum Gasteiger partial charge on any atom is 0.339 e. The van der Waals surface area contributed by atoms with Crippen LogP contribution in [0.25, 0.3) is 0 Å². The first kappa shape index (κ1) is 14.8. The van der Waals surface area contributed by atoms with E-state index < -0.39 is 12.1 Å². The molecule has 0 aliphatic heterocycles. The Morgan fingerprint density at radius 3 is 2.47 bits per heavy atom. The molecule has 1 amide bonds. The molecule has 0 saturated carbocycles. The third-order valence-electron chi connectivity index (χ3n) is 2.34. The summed E-state index contributed by atoms with van der Waals surface area (Å²) in [7, 11) is 0. The average Bonchev–Trinajstić information content (AvgIpc) is 2.30. The zero-order valence-electron chi connectivity index (χ0n) is 11.1. The second-order valence-corrected chi connectivity index (χ2v) is 4.48. The second kappa shape index (κ2) is 6.08. The van der Waals surface area contributed by atoms with Crippen molar-refractivity contribution in [1.82, 2.24) is 5.32 Å². The summed E-state index contributed by atoms with van der Waals surface area (Å²) in [5, 5.41) is 11.7. The van der Waals surface area contributed by atoms with Crippen LogP contribution in [0.1, 0.15) is 31.1 Å². The van der Waals surface area contributed by atoms with Crippen molar-refractivity contribution in [2.24, 2.45) is 0 Å². The monoisotopic (exact) mass is 266 g/mol. The molecule has 0 heterocycles. The van der Waals surface area contributed by atoms with E-state index in [1.165, 1.54) is 18.2 Å². The van der Waals surface area contributed by atoms with Crippen LogP contribution in [0.5, 0.6) is 5.75 Å². The highest BCUT2D eigenvalue weighted by Gasteiger charge is 2.19. The number of benzene rings is 1. The molecule has 0 radical (unpaired) electrons. The fraction of sp³-hybridized carbons (Fsp3) is 0.385. The standard InChI is InChI=1S/C13H18N2O4/c1-7(2)15-12(16)8(3)19-11-5-4-9(14)6-10(11)13(17)18/h4-8H,14H2,1-3H3,(H,15,16)(H,17,18). The minimum atomic E-state index is -1.15. The number of aromatic carboxylic acids is 1. The molecule has 0 bridgehead atoms. The molecule has 1 aromatic rings. The number of rotatable bonds is 5. The SMILES string of the molecule is CC(C)NC(=O)C(C)Oc1ccc(N)cc1C(=O)O. The fourth-order valence-corrected chi connectivity index (χ4v) is 1.46. The topological polar surface area (TPSA) is 102 Å². The Kier molecular flexibility index (Phi) is 4.74. The predicted molar refractivity (Wildman–Crippen MR) is 71.2 cm³/mol. The zero-order chi connectivity index (χ0) is 14.6. The van der Waals surface area contributed by atoms with Gasteiger partial charge in [-0.25, -0.2) is 4.79 Å². The van der Waals surface area contributed by atoms with Crippen LogP contribution >= 0.6 is 0 Å². The van der Waals surface area contributed by atoms with E-state index in [9.17, 15) is 9.59 Å². The minimum absolute atomic E-state index is 0.0103.